The fourth-order valence-corrected chi connectivity index (χ4v) is 4.53. The summed E-state index contributed by atoms with van der Waals surface area (Å²) in [7, 11) is 5.82. The van der Waals surface area contributed by atoms with E-state index in [4.69, 9.17) is 0 Å². The first-order valence-corrected chi connectivity index (χ1v) is 10.2. The molecule has 8 heteroatoms. The highest BCUT2D eigenvalue weighted by Gasteiger charge is 2.18. The molecular weight excluding hydrogens is 374 g/mol. The second-order valence-electron chi connectivity index (χ2n) is 7.29. The number of hydrogen-bond donors (Lipinski definition) is 2. The lowest BCUT2D eigenvalue weighted by Gasteiger charge is -2.23. The Morgan fingerprint density at radius 1 is 1.39 bits per heavy atom. The zero-order chi connectivity index (χ0) is 20.4. The molecule has 0 bridgehead atoms. The zero-order valence-electron chi connectivity index (χ0n) is 17.0. The smallest absolute Gasteiger partial charge is 0.253 e. The van der Waals surface area contributed by atoms with Gasteiger partial charge in [-0.05, 0) is 51.4 Å². The second kappa shape index (κ2) is 8.28. The van der Waals surface area contributed by atoms with E-state index in [9.17, 15) is 9.59 Å². The van der Waals surface area contributed by atoms with Crippen LogP contribution < -0.4 is 10.9 Å². The maximum Gasteiger partial charge on any atom is 0.253 e. The Morgan fingerprint density at radius 2 is 2.14 bits per heavy atom. The summed E-state index contributed by atoms with van der Waals surface area (Å²) in [5, 5.41) is 10.4. The number of pyridine rings is 1. The van der Waals surface area contributed by atoms with E-state index in [1.807, 2.05) is 46.4 Å². The van der Waals surface area contributed by atoms with E-state index in [2.05, 4.69) is 26.4 Å². The monoisotopic (exact) mass is 401 g/mol. The summed E-state index contributed by atoms with van der Waals surface area (Å²) < 4.78 is 1.68. The number of amides is 1. The number of likely N-dealkylation sites (N-methyl/N-ethyl adjacent to an activating group) is 1. The number of nitrogens with zero attached hydrogens (tertiary/aromatic N) is 3. The van der Waals surface area contributed by atoms with E-state index in [1.54, 1.807) is 16.0 Å². The van der Waals surface area contributed by atoms with Gasteiger partial charge in [0.1, 0.15) is 5.65 Å². The maximum absolute atomic E-state index is 12.5. The van der Waals surface area contributed by atoms with Crippen LogP contribution in [0.4, 0.5) is 0 Å². The van der Waals surface area contributed by atoms with Gasteiger partial charge in [0.2, 0.25) is 5.91 Å². The van der Waals surface area contributed by atoms with Crippen LogP contribution in [0.5, 0.6) is 0 Å². The molecule has 1 atom stereocenters. The number of thiophene rings is 1. The van der Waals surface area contributed by atoms with Crippen LogP contribution in [0.3, 0.4) is 0 Å². The summed E-state index contributed by atoms with van der Waals surface area (Å²) in [4.78, 5) is 31.1. The summed E-state index contributed by atoms with van der Waals surface area (Å²) >= 11 is 1.68. The average molecular weight is 402 g/mol. The van der Waals surface area contributed by atoms with Crippen molar-refractivity contribution in [3.8, 4) is 0 Å². The molecule has 1 unspecified atom stereocenters. The highest BCUT2D eigenvalue weighted by atomic mass is 32.1. The van der Waals surface area contributed by atoms with Gasteiger partial charge in [0.15, 0.2) is 0 Å². The zero-order valence-corrected chi connectivity index (χ0v) is 17.8. The fourth-order valence-electron chi connectivity index (χ4n) is 3.61. The predicted octanol–water partition coefficient (Wildman–Crippen LogP) is 2.29. The Bertz CT molecular complexity index is 1030. The van der Waals surface area contributed by atoms with Crippen molar-refractivity contribution >= 4 is 28.3 Å². The van der Waals surface area contributed by atoms with Gasteiger partial charge in [-0.2, -0.15) is 5.10 Å². The van der Waals surface area contributed by atoms with Gasteiger partial charge in [-0.1, -0.05) is 6.07 Å². The third-order valence-electron chi connectivity index (χ3n) is 5.15. The molecule has 0 aromatic carbocycles. The highest BCUT2D eigenvalue weighted by molar-refractivity contribution is 7.10. The minimum Gasteiger partial charge on any atom is -0.354 e. The lowest BCUT2D eigenvalue weighted by molar-refractivity contribution is -0.121. The molecule has 0 radical (unpaired) electrons. The van der Waals surface area contributed by atoms with Crippen molar-refractivity contribution in [2.24, 2.45) is 7.05 Å². The predicted molar refractivity (Wildman–Crippen MR) is 113 cm³/mol. The van der Waals surface area contributed by atoms with Crippen LogP contribution in [-0.2, 0) is 18.3 Å². The van der Waals surface area contributed by atoms with Gasteiger partial charge in [-0.15, -0.1) is 11.3 Å². The molecular formula is C20H27N5O2S. The van der Waals surface area contributed by atoms with Crippen LogP contribution in [0.25, 0.3) is 11.0 Å². The quantitative estimate of drug-likeness (QED) is 0.636. The molecule has 3 heterocycles. The lowest BCUT2D eigenvalue weighted by Crippen LogP contribution is -2.34. The number of carbonyl (C=O) groups excluding carboxylic acids is 1. The Kier molecular flexibility index (Phi) is 6.00. The van der Waals surface area contributed by atoms with Crippen LogP contribution in [-0.4, -0.2) is 46.2 Å². The van der Waals surface area contributed by atoms with E-state index in [0.29, 0.717) is 18.5 Å². The number of aromatic nitrogens is 3. The standard InChI is InChI=1S/C20H27N5O2S/c1-12-14(20(27)22-19-18(12)13(2)23-25(19)5)8-9-17(26)21-11-15(24(3)4)16-7-6-10-28-16/h6-7,10,15H,8-9,11H2,1-5H3,(H,21,26)(H,22,27). The molecule has 0 fully saturated rings. The van der Waals surface area contributed by atoms with Gasteiger partial charge >= 0.3 is 0 Å². The van der Waals surface area contributed by atoms with Crippen molar-refractivity contribution in [1.29, 1.82) is 0 Å². The van der Waals surface area contributed by atoms with Gasteiger partial charge in [0, 0.05) is 35.8 Å². The number of H-pyrrole nitrogens is 1. The second-order valence-corrected chi connectivity index (χ2v) is 8.27. The Morgan fingerprint density at radius 3 is 2.79 bits per heavy atom. The molecule has 0 spiro atoms. The van der Waals surface area contributed by atoms with E-state index in [0.717, 1.165) is 22.3 Å². The fraction of sp³-hybridized carbons (Fsp3) is 0.450. The van der Waals surface area contributed by atoms with Gasteiger partial charge in [0.05, 0.1) is 11.7 Å². The van der Waals surface area contributed by atoms with Crippen molar-refractivity contribution in [3.63, 3.8) is 0 Å². The number of carbonyl (C=O) groups is 1. The Hall–Kier alpha value is -2.45. The summed E-state index contributed by atoms with van der Waals surface area (Å²) in [5.74, 6) is -0.0507. The van der Waals surface area contributed by atoms with Crippen molar-refractivity contribution < 1.29 is 4.79 Å². The van der Waals surface area contributed by atoms with Crippen molar-refractivity contribution in [2.45, 2.75) is 32.7 Å². The first-order valence-electron chi connectivity index (χ1n) is 9.31. The molecule has 0 saturated carbocycles. The molecule has 3 aromatic rings. The third-order valence-corrected chi connectivity index (χ3v) is 6.12. The summed E-state index contributed by atoms with van der Waals surface area (Å²) in [5.41, 5.74) is 3.01. The van der Waals surface area contributed by atoms with E-state index < -0.39 is 0 Å². The van der Waals surface area contributed by atoms with Crippen molar-refractivity contribution in [3.05, 3.63) is 49.6 Å². The lowest BCUT2D eigenvalue weighted by atomic mass is 10.0. The first-order chi connectivity index (χ1) is 13.3. The molecule has 0 saturated heterocycles. The molecule has 1 amide bonds. The van der Waals surface area contributed by atoms with Crippen LogP contribution >= 0.6 is 11.3 Å². The molecule has 28 heavy (non-hydrogen) atoms. The average Bonchev–Trinajstić information content (AvgIpc) is 3.23. The third kappa shape index (κ3) is 4.02. The molecule has 2 N–H and O–H groups in total. The topological polar surface area (TPSA) is 83.0 Å². The number of rotatable bonds is 7. The number of hydrogen-bond acceptors (Lipinski definition) is 5. The van der Waals surface area contributed by atoms with Crippen LogP contribution in [0, 0.1) is 13.8 Å². The van der Waals surface area contributed by atoms with Gasteiger partial charge in [0.25, 0.3) is 5.56 Å². The molecule has 0 aliphatic rings. The molecule has 3 aromatic heterocycles. The van der Waals surface area contributed by atoms with Crippen molar-refractivity contribution in [1.82, 2.24) is 25.0 Å². The van der Waals surface area contributed by atoms with Crippen molar-refractivity contribution in [2.75, 3.05) is 20.6 Å². The minimum absolute atomic E-state index is 0.0507. The van der Waals surface area contributed by atoms with Gasteiger partial charge in [-0.25, -0.2) is 0 Å². The Labute approximate surface area is 168 Å². The normalized spacial score (nSPS) is 12.6. The SMILES string of the molecule is Cc1nn(C)c2[nH]c(=O)c(CCC(=O)NCC(c3cccs3)N(C)C)c(C)c12. The van der Waals surface area contributed by atoms with Crippen LogP contribution in [0.1, 0.15) is 34.2 Å². The Balaban J connectivity index is 1.68. The molecule has 0 aliphatic heterocycles. The van der Waals surface area contributed by atoms with E-state index in [1.165, 1.54) is 4.88 Å². The van der Waals surface area contributed by atoms with Crippen LogP contribution in [0.15, 0.2) is 22.3 Å². The molecule has 0 aliphatic carbocycles. The van der Waals surface area contributed by atoms with Gasteiger partial charge in [-0.3, -0.25) is 14.3 Å². The highest BCUT2D eigenvalue weighted by Crippen LogP contribution is 2.23. The molecule has 7 nitrogen and oxygen atoms in total. The summed E-state index contributed by atoms with van der Waals surface area (Å²) in [6.45, 7) is 4.40. The molecule has 3 rings (SSSR count). The number of fused-ring (bicyclic) bond motifs is 1. The largest absolute Gasteiger partial charge is 0.354 e. The van der Waals surface area contributed by atoms with E-state index >= 15 is 0 Å². The summed E-state index contributed by atoms with van der Waals surface area (Å²) in [6, 6.07) is 4.24. The minimum atomic E-state index is -0.148. The van der Waals surface area contributed by atoms with E-state index in [-0.39, 0.29) is 23.9 Å². The van der Waals surface area contributed by atoms with Crippen LogP contribution in [0.2, 0.25) is 0 Å². The maximum atomic E-state index is 12.5. The summed E-state index contributed by atoms with van der Waals surface area (Å²) in [6.07, 6.45) is 0.683. The van der Waals surface area contributed by atoms with Gasteiger partial charge < -0.3 is 15.2 Å². The molecule has 150 valence electrons. The number of aromatic amines is 1. The number of aryl methyl sites for hydroxylation is 3. The first kappa shape index (κ1) is 20.3. The number of nitrogens with one attached hydrogen (secondary N) is 2.